The number of hydrogen-bond acceptors (Lipinski definition) is 8. The highest BCUT2D eigenvalue weighted by molar-refractivity contribution is 6.20. The maximum Gasteiger partial charge on any atom is 0.262 e. The second-order valence-electron chi connectivity index (χ2n) is 11.7. The van der Waals surface area contributed by atoms with Gasteiger partial charge in [0.05, 0.1) is 22.5 Å². The molecule has 3 aromatic rings. The first-order valence-electron chi connectivity index (χ1n) is 13.8. The molecule has 2 unspecified atom stereocenters. The smallest absolute Gasteiger partial charge is 0.262 e. The molecule has 7 heterocycles. The van der Waals surface area contributed by atoms with Crippen molar-refractivity contribution in [3.63, 3.8) is 0 Å². The molecule has 0 aromatic carbocycles. The molecule has 2 N–H and O–H groups in total. The molecule has 2 atom stereocenters. The van der Waals surface area contributed by atoms with Gasteiger partial charge in [-0.25, -0.2) is 4.99 Å². The first-order chi connectivity index (χ1) is 19.8. The maximum atomic E-state index is 14.3. The van der Waals surface area contributed by atoms with Crippen LogP contribution in [0, 0.1) is 11.3 Å². The van der Waals surface area contributed by atoms with E-state index < -0.39 is 16.5 Å². The Hall–Kier alpha value is -4.92. The number of Topliss-reactive ketones (excluding diaryl/α,β-unsaturated/α-hetero) is 1. The fourth-order valence-corrected chi connectivity index (χ4v) is 6.11. The van der Waals surface area contributed by atoms with Gasteiger partial charge in [-0.15, -0.1) is 0 Å². The van der Waals surface area contributed by atoms with Gasteiger partial charge in [0.2, 0.25) is 5.82 Å². The van der Waals surface area contributed by atoms with Crippen LogP contribution in [-0.4, -0.2) is 42.9 Å². The number of carbonyl (C=O) groups excluding carboxylic acids is 1. The molecule has 1 saturated heterocycles. The number of H-pyrrole nitrogens is 1. The van der Waals surface area contributed by atoms with E-state index in [2.05, 4.69) is 20.4 Å². The fraction of sp³-hybridized carbons (Fsp3) is 0.250. The summed E-state index contributed by atoms with van der Waals surface area (Å²) in [7, 11) is 0. The van der Waals surface area contributed by atoms with Crippen molar-refractivity contribution in [2.45, 2.75) is 37.8 Å². The Bertz CT molecular complexity index is 1930. The van der Waals surface area contributed by atoms with Crippen molar-refractivity contribution in [2.24, 2.45) is 21.3 Å². The van der Waals surface area contributed by atoms with Gasteiger partial charge in [-0.3, -0.25) is 14.8 Å². The quantitative estimate of drug-likeness (QED) is 0.526. The van der Waals surface area contributed by atoms with Crippen molar-refractivity contribution in [3.05, 3.63) is 101 Å². The summed E-state index contributed by atoms with van der Waals surface area (Å²) < 4.78 is 5.88. The zero-order valence-corrected chi connectivity index (χ0v) is 22.6. The molecule has 5 aliphatic rings. The SMILES string of the molecule is CC1(C)C(=O)C2(C3CC3)C=C3C=CC(=N3)C=c3ccc([nH]3)=CC3=NC(c4nc(-c5ccncc5)no4)(C=C3)C=C1N2. The van der Waals surface area contributed by atoms with Gasteiger partial charge in [-0.2, -0.15) is 4.98 Å². The molecule has 0 spiro atoms. The van der Waals surface area contributed by atoms with Crippen molar-refractivity contribution in [2.75, 3.05) is 0 Å². The number of ketones is 1. The van der Waals surface area contributed by atoms with E-state index in [1.54, 1.807) is 12.4 Å². The molecule has 8 rings (SSSR count). The first kappa shape index (κ1) is 23.9. The molecule has 202 valence electrons. The van der Waals surface area contributed by atoms with E-state index in [0.717, 1.165) is 51.9 Å². The zero-order valence-electron chi connectivity index (χ0n) is 22.6. The van der Waals surface area contributed by atoms with Crippen molar-refractivity contribution >= 4 is 29.4 Å². The molecule has 0 amide bonds. The monoisotopic (exact) mass is 541 g/mol. The predicted molar refractivity (Wildman–Crippen MR) is 155 cm³/mol. The summed E-state index contributed by atoms with van der Waals surface area (Å²) in [5, 5.41) is 9.79. The molecule has 0 radical (unpaired) electrons. The van der Waals surface area contributed by atoms with E-state index in [-0.39, 0.29) is 11.7 Å². The Morgan fingerprint density at radius 2 is 1.73 bits per heavy atom. The summed E-state index contributed by atoms with van der Waals surface area (Å²) in [5.74, 6) is 1.08. The number of nitrogens with one attached hydrogen (secondary N) is 2. The molecule has 9 heteroatoms. The van der Waals surface area contributed by atoms with Crippen LogP contribution < -0.4 is 16.0 Å². The van der Waals surface area contributed by atoms with E-state index in [0.29, 0.717) is 11.7 Å². The number of carbonyl (C=O) groups is 1. The number of nitrogens with zero attached hydrogens (tertiary/aromatic N) is 5. The molecule has 41 heavy (non-hydrogen) atoms. The van der Waals surface area contributed by atoms with Crippen molar-refractivity contribution in [1.29, 1.82) is 0 Å². The predicted octanol–water partition coefficient (Wildman–Crippen LogP) is 3.07. The number of pyridine rings is 1. The number of hydrogen-bond donors (Lipinski definition) is 2. The molecule has 9 nitrogen and oxygen atoms in total. The van der Waals surface area contributed by atoms with E-state index in [1.807, 2.05) is 86.7 Å². The highest BCUT2D eigenvalue weighted by Crippen LogP contribution is 2.52. The summed E-state index contributed by atoms with van der Waals surface area (Å²) in [6.45, 7) is 3.94. The van der Waals surface area contributed by atoms with Crippen LogP contribution in [0.25, 0.3) is 23.5 Å². The zero-order chi connectivity index (χ0) is 27.8. The number of aliphatic imine (C=N–C) groups is 2. The lowest BCUT2D eigenvalue weighted by molar-refractivity contribution is -0.127. The summed E-state index contributed by atoms with van der Waals surface area (Å²) in [6.07, 6.45) is 21.2. The van der Waals surface area contributed by atoms with Crippen LogP contribution in [0.4, 0.5) is 0 Å². The van der Waals surface area contributed by atoms with Crippen molar-refractivity contribution in [1.82, 2.24) is 25.4 Å². The van der Waals surface area contributed by atoms with Crippen LogP contribution >= 0.6 is 0 Å². The maximum absolute atomic E-state index is 14.3. The lowest BCUT2D eigenvalue weighted by Gasteiger charge is -2.26. The Kier molecular flexibility index (Phi) is 4.84. The molecule has 4 aliphatic heterocycles. The average Bonchev–Trinajstić information content (AvgIpc) is 3.33. The van der Waals surface area contributed by atoms with Crippen LogP contribution in [0.3, 0.4) is 0 Å². The number of fused-ring (bicyclic) bond motifs is 6. The molecule has 2 fully saturated rings. The van der Waals surface area contributed by atoms with Gasteiger partial charge in [-0.1, -0.05) is 5.16 Å². The van der Waals surface area contributed by atoms with Crippen LogP contribution in [-0.2, 0) is 10.3 Å². The Morgan fingerprint density at radius 1 is 0.951 bits per heavy atom. The minimum absolute atomic E-state index is 0.126. The largest absolute Gasteiger partial charge is 0.372 e. The van der Waals surface area contributed by atoms with E-state index in [9.17, 15) is 4.79 Å². The molecular formula is C32H27N7O2. The molecule has 8 bridgehead atoms. The number of allylic oxidation sites excluding steroid dienone is 4. The Balaban J connectivity index is 1.36. The third kappa shape index (κ3) is 3.76. The van der Waals surface area contributed by atoms with Gasteiger partial charge >= 0.3 is 0 Å². The molecule has 1 saturated carbocycles. The summed E-state index contributed by atoms with van der Waals surface area (Å²) in [5.41, 5.74) is 1.15. The van der Waals surface area contributed by atoms with Crippen LogP contribution in [0.15, 0.2) is 99.0 Å². The average molecular weight is 542 g/mol. The summed E-state index contributed by atoms with van der Waals surface area (Å²) in [4.78, 5) is 36.6. The number of rotatable bonds is 3. The van der Waals surface area contributed by atoms with Gasteiger partial charge in [-0.05, 0) is 105 Å². The van der Waals surface area contributed by atoms with Crippen LogP contribution in [0.2, 0.25) is 0 Å². The Morgan fingerprint density at radius 3 is 2.51 bits per heavy atom. The third-order valence-electron chi connectivity index (χ3n) is 8.47. The molecular weight excluding hydrogens is 514 g/mol. The lowest BCUT2D eigenvalue weighted by Crippen LogP contribution is -2.47. The van der Waals surface area contributed by atoms with Crippen molar-refractivity contribution < 1.29 is 9.32 Å². The van der Waals surface area contributed by atoms with Crippen LogP contribution in [0.5, 0.6) is 0 Å². The van der Waals surface area contributed by atoms with Crippen LogP contribution in [0.1, 0.15) is 32.6 Å². The Labute approximate surface area is 235 Å². The highest BCUT2D eigenvalue weighted by atomic mass is 16.5. The normalized spacial score (nSPS) is 27.4. The lowest BCUT2D eigenvalue weighted by atomic mass is 9.77. The third-order valence-corrected chi connectivity index (χ3v) is 8.47. The van der Waals surface area contributed by atoms with Gasteiger partial charge in [0.25, 0.3) is 5.89 Å². The summed E-state index contributed by atoms with van der Waals surface area (Å²) >= 11 is 0. The highest BCUT2D eigenvalue weighted by Gasteiger charge is 2.61. The van der Waals surface area contributed by atoms with Crippen molar-refractivity contribution in [3.8, 4) is 11.4 Å². The summed E-state index contributed by atoms with van der Waals surface area (Å²) in [6, 6.07) is 7.69. The first-order valence-corrected chi connectivity index (χ1v) is 13.8. The topological polar surface area (TPSA) is 121 Å². The minimum Gasteiger partial charge on any atom is -0.372 e. The van der Waals surface area contributed by atoms with E-state index in [1.165, 1.54) is 0 Å². The number of aromatic nitrogens is 4. The molecule has 3 aromatic heterocycles. The standard InChI is InChI=1S/C32H27N7O2/c1-30(2)26-18-31(29-36-27(39-41-29)19-10-13-33-14-11-19)12-9-24(37-31)16-23-6-5-21(34-23)15-22-7-8-25(35-22)17-32(38-26,28(30)40)20-3-4-20/h5-18,20,34,38H,3-4H2,1-2H3. The van der Waals surface area contributed by atoms with Gasteiger partial charge in [0.15, 0.2) is 11.3 Å². The van der Waals surface area contributed by atoms with E-state index >= 15 is 0 Å². The minimum atomic E-state index is -1.10. The number of aromatic amines is 1. The fourth-order valence-electron chi connectivity index (χ4n) is 6.11. The second-order valence-corrected chi connectivity index (χ2v) is 11.7. The van der Waals surface area contributed by atoms with Gasteiger partial charge in [0, 0.05) is 34.4 Å². The van der Waals surface area contributed by atoms with Gasteiger partial charge in [0.1, 0.15) is 5.54 Å². The van der Waals surface area contributed by atoms with Gasteiger partial charge < -0.3 is 14.8 Å². The second kappa shape index (κ2) is 8.30. The van der Waals surface area contributed by atoms with E-state index in [4.69, 9.17) is 19.5 Å². The molecule has 1 aliphatic carbocycles.